The largest absolute Gasteiger partial charge is 0.466 e. The highest BCUT2D eigenvalue weighted by atomic mass is 16.5. The maximum Gasteiger partial charge on any atom is 0.312 e. The summed E-state index contributed by atoms with van der Waals surface area (Å²) in [6.45, 7) is 5.94. The second-order valence-corrected chi connectivity index (χ2v) is 3.28. The molecule has 2 atom stereocenters. The van der Waals surface area contributed by atoms with Crippen LogP contribution in [0.2, 0.25) is 0 Å². The van der Waals surface area contributed by atoms with Gasteiger partial charge in [-0.05, 0) is 20.3 Å². The van der Waals surface area contributed by atoms with Gasteiger partial charge in [-0.2, -0.15) is 0 Å². The smallest absolute Gasteiger partial charge is 0.312 e. The van der Waals surface area contributed by atoms with Gasteiger partial charge in [0.05, 0.1) is 18.6 Å². The molecule has 0 aliphatic rings. The zero-order chi connectivity index (χ0) is 11.0. The van der Waals surface area contributed by atoms with E-state index in [0.717, 1.165) is 12.8 Å². The van der Waals surface area contributed by atoms with E-state index in [0.29, 0.717) is 6.61 Å². The van der Waals surface area contributed by atoms with Gasteiger partial charge in [0, 0.05) is 0 Å². The van der Waals surface area contributed by atoms with E-state index in [1.165, 1.54) is 0 Å². The Balaban J connectivity index is 3.90. The molecule has 0 radical (unpaired) electrons. The van der Waals surface area contributed by atoms with E-state index in [9.17, 15) is 9.90 Å². The van der Waals surface area contributed by atoms with Crippen molar-refractivity contribution in [2.45, 2.75) is 39.7 Å². The molecular weight excluding hydrogens is 180 g/mol. The van der Waals surface area contributed by atoms with Gasteiger partial charge < -0.3 is 9.84 Å². The minimum Gasteiger partial charge on any atom is -0.466 e. The molecule has 0 bridgehead atoms. The first-order chi connectivity index (χ1) is 6.61. The van der Waals surface area contributed by atoms with Crippen LogP contribution in [0.5, 0.6) is 0 Å². The van der Waals surface area contributed by atoms with Crippen molar-refractivity contribution in [3.8, 4) is 0 Å². The fourth-order valence-electron chi connectivity index (χ4n) is 1.04. The third-order valence-electron chi connectivity index (χ3n) is 1.86. The molecule has 0 aromatic rings. The average molecular weight is 200 g/mol. The quantitative estimate of drug-likeness (QED) is 0.526. The van der Waals surface area contributed by atoms with Crippen molar-refractivity contribution in [3.63, 3.8) is 0 Å². The Morgan fingerprint density at radius 1 is 1.43 bits per heavy atom. The molecule has 0 saturated heterocycles. The van der Waals surface area contributed by atoms with E-state index in [1.807, 2.05) is 6.92 Å². The van der Waals surface area contributed by atoms with Crippen molar-refractivity contribution < 1.29 is 14.6 Å². The van der Waals surface area contributed by atoms with Gasteiger partial charge in [-0.15, -0.1) is 0 Å². The van der Waals surface area contributed by atoms with Crippen LogP contribution in [0.3, 0.4) is 0 Å². The van der Waals surface area contributed by atoms with Gasteiger partial charge in [-0.3, -0.25) is 4.79 Å². The molecule has 3 nitrogen and oxygen atoms in total. The van der Waals surface area contributed by atoms with Gasteiger partial charge in [0.1, 0.15) is 0 Å². The van der Waals surface area contributed by atoms with Crippen molar-refractivity contribution in [3.05, 3.63) is 12.2 Å². The third-order valence-corrected chi connectivity index (χ3v) is 1.86. The first kappa shape index (κ1) is 13.2. The Kier molecular flexibility index (Phi) is 7.11. The number of carbonyl (C=O) groups excluding carboxylic acids is 1. The SMILES string of the molecule is CCC[C@H](O)/C=C/[C@@H](C)C(=O)OCC. The van der Waals surface area contributed by atoms with Gasteiger partial charge in [0.25, 0.3) is 0 Å². The number of hydrogen-bond donors (Lipinski definition) is 1. The van der Waals surface area contributed by atoms with Crippen LogP contribution in [-0.2, 0) is 9.53 Å². The molecule has 0 spiro atoms. The highest BCUT2D eigenvalue weighted by Gasteiger charge is 2.10. The Labute approximate surface area is 85.8 Å². The van der Waals surface area contributed by atoms with Gasteiger partial charge >= 0.3 is 5.97 Å². The fraction of sp³-hybridized carbons (Fsp3) is 0.727. The minimum atomic E-state index is -0.447. The summed E-state index contributed by atoms with van der Waals surface area (Å²) in [7, 11) is 0. The third kappa shape index (κ3) is 5.75. The lowest BCUT2D eigenvalue weighted by Gasteiger charge is -2.07. The second kappa shape index (κ2) is 7.56. The van der Waals surface area contributed by atoms with Gasteiger partial charge in [0.15, 0.2) is 0 Å². The monoisotopic (exact) mass is 200 g/mol. The summed E-state index contributed by atoms with van der Waals surface area (Å²) in [4.78, 5) is 11.2. The second-order valence-electron chi connectivity index (χ2n) is 3.28. The number of rotatable bonds is 6. The van der Waals surface area contributed by atoms with Crippen molar-refractivity contribution >= 4 is 5.97 Å². The van der Waals surface area contributed by atoms with Crippen LogP contribution in [0, 0.1) is 5.92 Å². The number of aliphatic hydroxyl groups is 1. The minimum absolute atomic E-state index is 0.243. The lowest BCUT2D eigenvalue weighted by molar-refractivity contribution is -0.145. The Morgan fingerprint density at radius 3 is 2.57 bits per heavy atom. The van der Waals surface area contributed by atoms with Gasteiger partial charge in [-0.25, -0.2) is 0 Å². The van der Waals surface area contributed by atoms with E-state index in [1.54, 1.807) is 26.0 Å². The zero-order valence-corrected chi connectivity index (χ0v) is 9.19. The number of hydrogen-bond acceptors (Lipinski definition) is 3. The standard InChI is InChI=1S/C11H20O3/c1-4-6-10(12)8-7-9(3)11(13)14-5-2/h7-10,12H,4-6H2,1-3H3/b8-7+/t9-,10+/m1/s1. The molecule has 0 heterocycles. The molecule has 0 aliphatic carbocycles. The molecule has 82 valence electrons. The molecule has 0 amide bonds. The highest BCUT2D eigenvalue weighted by molar-refractivity contribution is 5.73. The first-order valence-electron chi connectivity index (χ1n) is 5.14. The summed E-state index contributed by atoms with van der Waals surface area (Å²) in [5.74, 6) is -0.520. The summed E-state index contributed by atoms with van der Waals surface area (Å²) < 4.78 is 4.82. The average Bonchev–Trinajstić information content (AvgIpc) is 2.15. The molecule has 0 aromatic carbocycles. The van der Waals surface area contributed by atoms with E-state index in [2.05, 4.69) is 0 Å². The Morgan fingerprint density at radius 2 is 2.07 bits per heavy atom. The first-order valence-corrected chi connectivity index (χ1v) is 5.14. The molecule has 0 rings (SSSR count). The lowest BCUT2D eigenvalue weighted by atomic mass is 10.1. The fourth-order valence-corrected chi connectivity index (χ4v) is 1.04. The summed E-state index contributed by atoms with van der Waals surface area (Å²) in [5, 5.41) is 9.37. The van der Waals surface area contributed by atoms with Crippen LogP contribution < -0.4 is 0 Å². The van der Waals surface area contributed by atoms with Crippen LogP contribution >= 0.6 is 0 Å². The summed E-state index contributed by atoms with van der Waals surface area (Å²) in [5.41, 5.74) is 0. The molecule has 0 saturated carbocycles. The summed E-state index contributed by atoms with van der Waals surface area (Å²) >= 11 is 0. The molecule has 3 heteroatoms. The van der Waals surface area contributed by atoms with Gasteiger partial charge in [-0.1, -0.05) is 25.5 Å². The van der Waals surface area contributed by atoms with Crippen molar-refractivity contribution in [1.82, 2.24) is 0 Å². The van der Waals surface area contributed by atoms with Crippen LogP contribution in [0.1, 0.15) is 33.6 Å². The predicted molar refractivity (Wildman–Crippen MR) is 55.9 cm³/mol. The maximum atomic E-state index is 11.2. The maximum absolute atomic E-state index is 11.2. The highest BCUT2D eigenvalue weighted by Crippen LogP contribution is 2.04. The van der Waals surface area contributed by atoms with E-state index in [4.69, 9.17) is 4.74 Å². The topological polar surface area (TPSA) is 46.5 Å². The molecule has 0 fully saturated rings. The van der Waals surface area contributed by atoms with Crippen molar-refractivity contribution in [1.29, 1.82) is 0 Å². The number of esters is 1. The van der Waals surface area contributed by atoms with Crippen LogP contribution in [0.25, 0.3) is 0 Å². The van der Waals surface area contributed by atoms with E-state index in [-0.39, 0.29) is 11.9 Å². The van der Waals surface area contributed by atoms with Crippen LogP contribution in [-0.4, -0.2) is 23.8 Å². The van der Waals surface area contributed by atoms with Crippen LogP contribution in [0.15, 0.2) is 12.2 Å². The molecule has 14 heavy (non-hydrogen) atoms. The van der Waals surface area contributed by atoms with Gasteiger partial charge in [0.2, 0.25) is 0 Å². The molecule has 0 unspecified atom stereocenters. The molecule has 0 aliphatic heterocycles. The lowest BCUT2D eigenvalue weighted by Crippen LogP contribution is -2.13. The molecule has 1 N–H and O–H groups in total. The van der Waals surface area contributed by atoms with E-state index >= 15 is 0 Å². The predicted octanol–water partition coefficient (Wildman–Crippen LogP) is 1.90. The van der Waals surface area contributed by atoms with E-state index < -0.39 is 6.10 Å². The molecule has 0 aromatic heterocycles. The Bertz CT molecular complexity index is 187. The number of carbonyl (C=O) groups is 1. The number of aliphatic hydroxyl groups excluding tert-OH is 1. The van der Waals surface area contributed by atoms with Crippen molar-refractivity contribution in [2.24, 2.45) is 5.92 Å². The normalized spacial score (nSPS) is 15.4. The Hall–Kier alpha value is -0.830. The summed E-state index contributed by atoms with van der Waals surface area (Å²) in [6, 6.07) is 0. The molecular formula is C11H20O3. The summed E-state index contributed by atoms with van der Waals surface area (Å²) in [6.07, 6.45) is 4.56. The van der Waals surface area contributed by atoms with Crippen molar-refractivity contribution in [2.75, 3.05) is 6.61 Å². The zero-order valence-electron chi connectivity index (χ0n) is 9.19. The van der Waals surface area contributed by atoms with Crippen LogP contribution in [0.4, 0.5) is 0 Å². The number of ether oxygens (including phenoxy) is 1.